The second kappa shape index (κ2) is 6.75. The highest BCUT2D eigenvalue weighted by Crippen LogP contribution is 1.94. The summed E-state index contributed by atoms with van der Waals surface area (Å²) in [5.74, 6) is -0.667. The second-order valence-corrected chi connectivity index (χ2v) is 3.09. The van der Waals surface area contributed by atoms with E-state index in [2.05, 4.69) is 6.58 Å². The van der Waals surface area contributed by atoms with Crippen molar-refractivity contribution in [3.63, 3.8) is 0 Å². The molecule has 0 radical (unpaired) electrons. The summed E-state index contributed by atoms with van der Waals surface area (Å²) in [6.07, 6.45) is 0.817. The first-order valence-electron chi connectivity index (χ1n) is 4.55. The van der Waals surface area contributed by atoms with Gasteiger partial charge in [-0.2, -0.15) is 0 Å². The lowest BCUT2D eigenvalue weighted by Gasteiger charge is -2.15. The summed E-state index contributed by atoms with van der Waals surface area (Å²) in [5, 5.41) is 0. The highest BCUT2D eigenvalue weighted by atomic mass is 16.5. The van der Waals surface area contributed by atoms with Gasteiger partial charge in [-0.15, -0.1) is 0 Å². The Morgan fingerprint density at radius 3 is 2.47 bits per heavy atom. The molecule has 1 amide bonds. The van der Waals surface area contributed by atoms with Crippen molar-refractivity contribution in [3.8, 4) is 0 Å². The van der Waals surface area contributed by atoms with Gasteiger partial charge in [0.15, 0.2) is 12.5 Å². The Morgan fingerprint density at radius 2 is 2.07 bits per heavy atom. The summed E-state index contributed by atoms with van der Waals surface area (Å²) >= 11 is 0. The quantitative estimate of drug-likeness (QED) is 0.267. The third-order valence-corrected chi connectivity index (χ3v) is 1.63. The monoisotopic (exact) mass is 213 g/mol. The molecule has 0 heterocycles. The first-order valence-corrected chi connectivity index (χ1v) is 4.55. The summed E-state index contributed by atoms with van der Waals surface area (Å²) in [7, 11) is 0. The van der Waals surface area contributed by atoms with Crippen LogP contribution in [-0.2, 0) is 19.1 Å². The standard InChI is InChI=1S/C10H15NO4/c1-4-9(13)5-11(6-12)7-15-10(14)8(2)3/h6H,2,4-5,7H2,1,3H3. The van der Waals surface area contributed by atoms with E-state index in [1.54, 1.807) is 6.92 Å². The summed E-state index contributed by atoms with van der Waals surface area (Å²) in [6.45, 7) is 6.33. The van der Waals surface area contributed by atoms with Gasteiger partial charge in [-0.3, -0.25) is 9.59 Å². The van der Waals surface area contributed by atoms with Crippen molar-refractivity contribution in [2.24, 2.45) is 0 Å². The Balaban J connectivity index is 4.01. The van der Waals surface area contributed by atoms with E-state index in [4.69, 9.17) is 4.74 Å². The minimum atomic E-state index is -0.578. The van der Waals surface area contributed by atoms with Gasteiger partial charge in [-0.25, -0.2) is 4.79 Å². The Hall–Kier alpha value is -1.65. The van der Waals surface area contributed by atoms with Gasteiger partial charge >= 0.3 is 5.97 Å². The largest absolute Gasteiger partial charge is 0.441 e. The van der Waals surface area contributed by atoms with Crippen LogP contribution in [0.1, 0.15) is 20.3 Å². The number of nitrogens with zero attached hydrogens (tertiary/aromatic N) is 1. The van der Waals surface area contributed by atoms with Crippen molar-refractivity contribution in [1.82, 2.24) is 4.90 Å². The molecule has 0 bridgehead atoms. The Morgan fingerprint density at radius 1 is 1.47 bits per heavy atom. The first-order chi connectivity index (χ1) is 7.01. The van der Waals surface area contributed by atoms with Crippen LogP contribution in [0, 0.1) is 0 Å². The van der Waals surface area contributed by atoms with Gasteiger partial charge in [0, 0.05) is 12.0 Å². The van der Waals surface area contributed by atoms with E-state index >= 15 is 0 Å². The Bertz CT molecular complexity index is 273. The molecule has 0 aliphatic rings. The smallest absolute Gasteiger partial charge is 0.334 e. The van der Waals surface area contributed by atoms with Crippen molar-refractivity contribution in [3.05, 3.63) is 12.2 Å². The lowest BCUT2D eigenvalue weighted by Crippen LogP contribution is -2.31. The lowest BCUT2D eigenvalue weighted by atomic mass is 10.3. The van der Waals surface area contributed by atoms with Gasteiger partial charge in [0.1, 0.15) is 0 Å². The van der Waals surface area contributed by atoms with E-state index in [9.17, 15) is 14.4 Å². The molecule has 0 fully saturated rings. The van der Waals surface area contributed by atoms with Gasteiger partial charge in [0.25, 0.3) is 0 Å². The molecule has 0 aromatic rings. The van der Waals surface area contributed by atoms with Crippen LogP contribution in [0.3, 0.4) is 0 Å². The van der Waals surface area contributed by atoms with Crippen LogP contribution < -0.4 is 0 Å². The van der Waals surface area contributed by atoms with Gasteiger partial charge in [-0.05, 0) is 6.92 Å². The number of carbonyl (C=O) groups excluding carboxylic acids is 3. The third-order valence-electron chi connectivity index (χ3n) is 1.63. The van der Waals surface area contributed by atoms with Gasteiger partial charge in [0.05, 0.1) is 6.54 Å². The van der Waals surface area contributed by atoms with Crippen LogP contribution in [-0.4, -0.2) is 36.3 Å². The number of esters is 1. The summed E-state index contributed by atoms with van der Waals surface area (Å²) in [5.41, 5.74) is 0.252. The molecule has 15 heavy (non-hydrogen) atoms. The predicted molar refractivity (Wildman–Crippen MR) is 53.8 cm³/mol. The molecule has 5 heteroatoms. The second-order valence-electron chi connectivity index (χ2n) is 3.09. The molecule has 0 aromatic carbocycles. The van der Waals surface area contributed by atoms with Gasteiger partial charge in [-0.1, -0.05) is 13.5 Å². The zero-order valence-corrected chi connectivity index (χ0v) is 8.99. The Kier molecular flexibility index (Phi) is 6.01. The molecule has 0 N–H and O–H groups in total. The van der Waals surface area contributed by atoms with Crippen molar-refractivity contribution in [2.45, 2.75) is 20.3 Å². The molecular formula is C10H15NO4. The zero-order chi connectivity index (χ0) is 11.8. The number of amides is 1. The predicted octanol–water partition coefficient (Wildman–Crippen LogP) is 0.501. The average molecular weight is 213 g/mol. The van der Waals surface area contributed by atoms with Crippen LogP contribution in [0.15, 0.2) is 12.2 Å². The fourth-order valence-corrected chi connectivity index (χ4v) is 0.716. The topological polar surface area (TPSA) is 63.7 Å². The highest BCUT2D eigenvalue weighted by Gasteiger charge is 2.09. The minimum absolute atomic E-state index is 0.0382. The van der Waals surface area contributed by atoms with Crippen LogP contribution in [0.25, 0.3) is 0 Å². The lowest BCUT2D eigenvalue weighted by molar-refractivity contribution is -0.147. The van der Waals surface area contributed by atoms with Crippen molar-refractivity contribution in [1.29, 1.82) is 0 Å². The number of ketones is 1. The number of Topliss-reactive ketones (excluding diaryl/α,β-unsaturated/α-hetero) is 1. The molecule has 0 rings (SSSR count). The van der Waals surface area contributed by atoms with Gasteiger partial charge in [0.2, 0.25) is 6.41 Å². The molecular weight excluding hydrogens is 198 g/mol. The van der Waals surface area contributed by atoms with E-state index in [1.807, 2.05) is 0 Å². The van der Waals surface area contributed by atoms with Crippen LogP contribution in [0.2, 0.25) is 0 Å². The third kappa shape index (κ3) is 5.61. The SMILES string of the molecule is C=C(C)C(=O)OCN(C=O)CC(=O)CC. The number of ether oxygens (including phenoxy) is 1. The summed E-state index contributed by atoms with van der Waals surface area (Å²) < 4.78 is 4.71. The molecule has 0 aliphatic heterocycles. The van der Waals surface area contributed by atoms with Gasteiger partial charge < -0.3 is 9.64 Å². The van der Waals surface area contributed by atoms with E-state index in [-0.39, 0.29) is 24.6 Å². The summed E-state index contributed by atoms with van der Waals surface area (Å²) in [6, 6.07) is 0. The van der Waals surface area contributed by atoms with Crippen molar-refractivity contribution >= 4 is 18.2 Å². The molecule has 0 spiro atoms. The molecule has 0 saturated heterocycles. The van der Waals surface area contributed by atoms with Crippen molar-refractivity contribution in [2.75, 3.05) is 13.3 Å². The van der Waals surface area contributed by atoms with E-state index in [0.29, 0.717) is 12.8 Å². The average Bonchev–Trinajstić information content (AvgIpc) is 2.22. The van der Waals surface area contributed by atoms with E-state index < -0.39 is 5.97 Å². The van der Waals surface area contributed by atoms with E-state index in [0.717, 1.165) is 4.90 Å². The van der Waals surface area contributed by atoms with Crippen LogP contribution >= 0.6 is 0 Å². The molecule has 0 aliphatic carbocycles. The maximum absolute atomic E-state index is 11.0. The number of rotatable bonds is 7. The number of hydrogen-bond acceptors (Lipinski definition) is 4. The molecule has 0 unspecified atom stereocenters. The van der Waals surface area contributed by atoms with Crippen molar-refractivity contribution < 1.29 is 19.1 Å². The summed E-state index contributed by atoms with van der Waals surface area (Å²) in [4.78, 5) is 33.6. The number of carbonyl (C=O) groups is 3. The fourth-order valence-electron chi connectivity index (χ4n) is 0.716. The fraction of sp³-hybridized carbons (Fsp3) is 0.500. The molecule has 0 saturated carbocycles. The minimum Gasteiger partial charge on any atom is -0.441 e. The maximum atomic E-state index is 11.0. The van der Waals surface area contributed by atoms with E-state index in [1.165, 1.54) is 6.92 Å². The normalized spacial score (nSPS) is 9.20. The first kappa shape index (κ1) is 13.4. The van der Waals surface area contributed by atoms with Crippen LogP contribution in [0.4, 0.5) is 0 Å². The Labute approximate surface area is 88.7 Å². The van der Waals surface area contributed by atoms with Crippen LogP contribution in [0.5, 0.6) is 0 Å². The molecule has 84 valence electrons. The molecule has 0 aromatic heterocycles. The maximum Gasteiger partial charge on any atom is 0.334 e. The molecule has 0 atom stereocenters. The number of hydrogen-bond donors (Lipinski definition) is 0. The zero-order valence-electron chi connectivity index (χ0n) is 8.99. The highest BCUT2D eigenvalue weighted by molar-refractivity contribution is 5.87. The molecule has 5 nitrogen and oxygen atoms in total.